The molecule has 2 aromatic carbocycles. The zero-order chi connectivity index (χ0) is 20.3. The molecule has 2 nitrogen and oxygen atoms in total. The molecule has 0 spiro atoms. The number of alkyl halides is 7. The smallest absolute Gasteiger partial charge is 0.326 e. The number of halogens is 7. The van der Waals surface area contributed by atoms with Gasteiger partial charge in [0, 0.05) is 29.4 Å². The quantitative estimate of drug-likeness (QED) is 0.394. The topological polar surface area (TPSA) is 17.8 Å². The molecule has 0 amide bonds. The maximum atomic E-state index is 13.8. The number of hydrogen-bond donors (Lipinski definition) is 0. The molecular weight excluding hydrogens is 389 g/mol. The minimum Gasteiger partial charge on any atom is -0.326 e. The fourth-order valence-electron chi connectivity index (χ4n) is 3.16. The molecule has 0 fully saturated rings. The summed E-state index contributed by atoms with van der Waals surface area (Å²) in [5.41, 5.74) is 1.30. The number of fused-ring (bicyclic) bond motifs is 3. The van der Waals surface area contributed by atoms with Crippen molar-refractivity contribution in [1.82, 2.24) is 9.55 Å². The van der Waals surface area contributed by atoms with Gasteiger partial charge in [-0.05, 0) is 5.56 Å². The number of aromatic nitrogens is 2. The SMILES string of the molecule is FC(F)(F)C(F)(F)C(F)(F)c1ccc(-c2cn3c(n2)-c2ccccc2C3)cc1. The van der Waals surface area contributed by atoms with Crippen molar-refractivity contribution in [3.63, 3.8) is 0 Å². The number of imidazole rings is 1. The van der Waals surface area contributed by atoms with Crippen LogP contribution in [0.3, 0.4) is 0 Å². The van der Waals surface area contributed by atoms with E-state index in [0.29, 0.717) is 35.8 Å². The Morgan fingerprint density at radius 2 is 1.46 bits per heavy atom. The molecule has 0 N–H and O–H groups in total. The van der Waals surface area contributed by atoms with Gasteiger partial charge in [-0.15, -0.1) is 0 Å². The van der Waals surface area contributed by atoms with Crippen LogP contribution in [-0.4, -0.2) is 21.6 Å². The van der Waals surface area contributed by atoms with E-state index >= 15 is 0 Å². The number of rotatable bonds is 3. The second-order valence-electron chi connectivity index (χ2n) is 6.46. The summed E-state index contributed by atoms with van der Waals surface area (Å²) in [5.74, 6) is -10.9. The predicted molar refractivity (Wildman–Crippen MR) is 87.1 cm³/mol. The van der Waals surface area contributed by atoms with Crippen molar-refractivity contribution in [3.8, 4) is 22.6 Å². The average Bonchev–Trinajstić information content (AvgIpc) is 3.18. The molecular formula is C19H11F7N2. The highest BCUT2D eigenvalue weighted by atomic mass is 19.4. The number of nitrogens with zero attached hydrogens (tertiary/aromatic N) is 2. The Hall–Kier alpha value is -2.84. The molecule has 3 aromatic rings. The monoisotopic (exact) mass is 400 g/mol. The van der Waals surface area contributed by atoms with E-state index in [9.17, 15) is 30.7 Å². The first-order valence-corrected chi connectivity index (χ1v) is 8.11. The van der Waals surface area contributed by atoms with Crippen LogP contribution >= 0.6 is 0 Å². The third-order valence-corrected chi connectivity index (χ3v) is 4.67. The van der Waals surface area contributed by atoms with Gasteiger partial charge in [-0.25, -0.2) is 4.98 Å². The highest BCUT2D eigenvalue weighted by Crippen LogP contribution is 2.51. The van der Waals surface area contributed by atoms with Gasteiger partial charge < -0.3 is 4.57 Å². The maximum absolute atomic E-state index is 13.8. The van der Waals surface area contributed by atoms with Crippen molar-refractivity contribution < 1.29 is 30.7 Å². The molecule has 9 heteroatoms. The summed E-state index contributed by atoms with van der Waals surface area (Å²) in [5, 5.41) is 0. The van der Waals surface area contributed by atoms with Crippen LogP contribution in [0.15, 0.2) is 54.7 Å². The first kappa shape index (κ1) is 18.5. The van der Waals surface area contributed by atoms with Gasteiger partial charge in [-0.1, -0.05) is 48.5 Å². The predicted octanol–water partition coefficient (Wildman–Crippen LogP) is 5.87. The van der Waals surface area contributed by atoms with Crippen LogP contribution in [0.25, 0.3) is 22.6 Å². The summed E-state index contributed by atoms with van der Waals surface area (Å²) in [7, 11) is 0. The lowest BCUT2D eigenvalue weighted by atomic mass is 9.99. The van der Waals surface area contributed by atoms with E-state index in [0.717, 1.165) is 23.3 Å². The van der Waals surface area contributed by atoms with Crippen molar-refractivity contribution in [1.29, 1.82) is 0 Å². The Balaban J connectivity index is 1.66. The van der Waals surface area contributed by atoms with E-state index in [1.807, 2.05) is 28.8 Å². The third kappa shape index (κ3) is 2.60. The van der Waals surface area contributed by atoms with E-state index in [-0.39, 0.29) is 0 Å². The molecule has 0 bridgehead atoms. The lowest BCUT2D eigenvalue weighted by Gasteiger charge is -2.28. The Labute approximate surface area is 154 Å². The lowest BCUT2D eigenvalue weighted by Crippen LogP contribution is -2.49. The summed E-state index contributed by atoms with van der Waals surface area (Å²) in [6.07, 6.45) is -4.69. The molecule has 0 radical (unpaired) electrons. The minimum absolute atomic E-state index is 0.328. The van der Waals surface area contributed by atoms with Gasteiger partial charge in [0.15, 0.2) is 0 Å². The molecule has 0 aliphatic carbocycles. The van der Waals surface area contributed by atoms with Crippen molar-refractivity contribution in [3.05, 3.63) is 65.9 Å². The summed E-state index contributed by atoms with van der Waals surface area (Å²) < 4.78 is 92.7. The molecule has 0 saturated heterocycles. The summed E-state index contributed by atoms with van der Waals surface area (Å²) in [4.78, 5) is 4.43. The van der Waals surface area contributed by atoms with Crippen molar-refractivity contribution in [2.45, 2.75) is 24.6 Å². The Bertz CT molecular complexity index is 1030. The fraction of sp³-hybridized carbons (Fsp3) is 0.211. The Morgan fingerprint density at radius 3 is 2.11 bits per heavy atom. The van der Waals surface area contributed by atoms with Crippen molar-refractivity contribution >= 4 is 0 Å². The van der Waals surface area contributed by atoms with Gasteiger partial charge in [0.05, 0.1) is 5.69 Å². The molecule has 146 valence electrons. The molecule has 28 heavy (non-hydrogen) atoms. The van der Waals surface area contributed by atoms with Gasteiger partial charge >= 0.3 is 18.0 Å². The molecule has 1 aliphatic heterocycles. The highest BCUT2D eigenvalue weighted by molar-refractivity contribution is 5.70. The highest BCUT2D eigenvalue weighted by Gasteiger charge is 2.73. The van der Waals surface area contributed by atoms with Crippen LogP contribution in [0.4, 0.5) is 30.7 Å². The average molecular weight is 400 g/mol. The van der Waals surface area contributed by atoms with E-state index < -0.39 is 23.6 Å². The summed E-state index contributed by atoms with van der Waals surface area (Å²) in [6.45, 7) is 0.576. The number of hydrogen-bond acceptors (Lipinski definition) is 1. The van der Waals surface area contributed by atoms with E-state index in [2.05, 4.69) is 4.98 Å². The van der Waals surface area contributed by atoms with Crippen LogP contribution in [-0.2, 0) is 12.5 Å². The van der Waals surface area contributed by atoms with Gasteiger partial charge in [0.1, 0.15) is 5.82 Å². The molecule has 4 rings (SSSR count). The third-order valence-electron chi connectivity index (χ3n) is 4.67. The van der Waals surface area contributed by atoms with E-state index in [1.54, 1.807) is 6.20 Å². The second-order valence-corrected chi connectivity index (χ2v) is 6.46. The summed E-state index contributed by atoms with van der Waals surface area (Å²) in [6, 6.07) is 10.8. The zero-order valence-electron chi connectivity index (χ0n) is 13.9. The molecule has 1 aliphatic rings. The largest absolute Gasteiger partial charge is 0.460 e. The Kier molecular flexibility index (Phi) is 3.85. The maximum Gasteiger partial charge on any atom is 0.460 e. The standard InChI is InChI=1S/C19H11F7N2/c20-17(21,18(22,23)19(24,25)26)13-7-5-11(6-8-13)15-10-28-9-12-3-1-2-4-14(12)16(28)27-15/h1-8,10H,9H2. The van der Waals surface area contributed by atoms with Crippen LogP contribution < -0.4 is 0 Å². The first-order valence-electron chi connectivity index (χ1n) is 8.11. The van der Waals surface area contributed by atoms with Gasteiger partial charge in [0.2, 0.25) is 0 Å². The van der Waals surface area contributed by atoms with E-state index in [4.69, 9.17) is 0 Å². The normalized spacial score (nSPS) is 14.1. The lowest BCUT2D eigenvalue weighted by molar-refractivity contribution is -0.359. The Morgan fingerprint density at radius 1 is 0.821 bits per heavy atom. The van der Waals surface area contributed by atoms with Gasteiger partial charge in [0.25, 0.3) is 0 Å². The van der Waals surface area contributed by atoms with Gasteiger partial charge in [-0.2, -0.15) is 30.7 Å². The van der Waals surface area contributed by atoms with E-state index in [1.165, 1.54) is 0 Å². The first-order chi connectivity index (χ1) is 13.0. The van der Waals surface area contributed by atoms with Gasteiger partial charge in [-0.3, -0.25) is 0 Å². The van der Waals surface area contributed by atoms with Crippen molar-refractivity contribution in [2.24, 2.45) is 0 Å². The fourth-order valence-corrected chi connectivity index (χ4v) is 3.16. The second kappa shape index (κ2) is 5.83. The zero-order valence-corrected chi connectivity index (χ0v) is 13.9. The molecule has 0 atom stereocenters. The van der Waals surface area contributed by atoms with Crippen LogP contribution in [0.2, 0.25) is 0 Å². The molecule has 0 saturated carbocycles. The van der Waals surface area contributed by atoms with Crippen molar-refractivity contribution in [2.75, 3.05) is 0 Å². The minimum atomic E-state index is -6.37. The summed E-state index contributed by atoms with van der Waals surface area (Å²) >= 11 is 0. The molecule has 0 unspecified atom stereocenters. The van der Waals surface area contributed by atoms with Crippen LogP contribution in [0.5, 0.6) is 0 Å². The van der Waals surface area contributed by atoms with Crippen LogP contribution in [0, 0.1) is 0 Å². The molecule has 2 heterocycles. The van der Waals surface area contributed by atoms with Crippen LogP contribution in [0.1, 0.15) is 11.1 Å². The molecule has 1 aromatic heterocycles. The number of benzene rings is 2.